The highest BCUT2D eigenvalue weighted by molar-refractivity contribution is 9.10. The normalized spacial score (nSPS) is 14.4. The van der Waals surface area contributed by atoms with Crippen LogP contribution in [0.4, 0.5) is 0 Å². The summed E-state index contributed by atoms with van der Waals surface area (Å²) < 4.78 is 1.13. The Bertz CT molecular complexity index is 484. The van der Waals surface area contributed by atoms with E-state index in [0.717, 1.165) is 10.9 Å². The van der Waals surface area contributed by atoms with Gasteiger partial charge in [0.2, 0.25) is 0 Å². The van der Waals surface area contributed by atoms with Gasteiger partial charge in [0.1, 0.15) is 0 Å². The van der Waals surface area contributed by atoms with Gasteiger partial charge in [-0.05, 0) is 39.4 Å². The van der Waals surface area contributed by atoms with Crippen molar-refractivity contribution in [2.75, 3.05) is 0 Å². The molecule has 2 unspecified atom stereocenters. The molecule has 96 valence electrons. The van der Waals surface area contributed by atoms with Gasteiger partial charge < -0.3 is 0 Å². The van der Waals surface area contributed by atoms with Crippen LogP contribution in [0.5, 0.6) is 0 Å². The van der Waals surface area contributed by atoms with Crippen molar-refractivity contribution in [1.29, 1.82) is 0 Å². The highest BCUT2D eigenvalue weighted by Gasteiger charge is 2.24. The van der Waals surface area contributed by atoms with E-state index in [1.165, 1.54) is 10.4 Å². The Morgan fingerprint density at radius 1 is 1.28 bits per heavy atom. The first-order valence-corrected chi connectivity index (χ1v) is 7.69. The van der Waals surface area contributed by atoms with Gasteiger partial charge in [0.25, 0.3) is 0 Å². The molecule has 3 N–H and O–H groups in total. The molecule has 0 saturated heterocycles. The van der Waals surface area contributed by atoms with Crippen LogP contribution in [0.1, 0.15) is 35.7 Å². The van der Waals surface area contributed by atoms with Crippen LogP contribution in [0.15, 0.2) is 46.3 Å². The van der Waals surface area contributed by atoms with Crippen LogP contribution < -0.4 is 11.3 Å². The molecule has 0 aliphatic carbocycles. The summed E-state index contributed by atoms with van der Waals surface area (Å²) >= 11 is 5.32. The number of hydrogen-bond acceptors (Lipinski definition) is 3. The average Bonchev–Trinajstić information content (AvgIpc) is 2.83. The number of nitrogens with one attached hydrogen (secondary N) is 1. The predicted octanol–water partition coefficient (Wildman–Crippen LogP) is 4.21. The molecule has 0 saturated carbocycles. The highest BCUT2D eigenvalue weighted by Crippen LogP contribution is 2.38. The molecular weight excluding hydrogens is 308 g/mol. The number of rotatable bonds is 5. The van der Waals surface area contributed by atoms with Crippen LogP contribution in [0.2, 0.25) is 0 Å². The standard InChI is InChI=1S/C14H17BrN2S/c1-2-11(10-6-4-3-5-7-10)13(17-16)14-12(15)8-9-18-14/h3-9,11,13,17H,2,16H2,1H3. The lowest BCUT2D eigenvalue weighted by atomic mass is 9.88. The van der Waals surface area contributed by atoms with Crippen molar-refractivity contribution in [3.63, 3.8) is 0 Å². The van der Waals surface area contributed by atoms with Gasteiger partial charge >= 0.3 is 0 Å². The van der Waals surface area contributed by atoms with E-state index in [4.69, 9.17) is 5.84 Å². The highest BCUT2D eigenvalue weighted by atomic mass is 79.9. The quantitative estimate of drug-likeness (QED) is 0.638. The van der Waals surface area contributed by atoms with Crippen molar-refractivity contribution < 1.29 is 0 Å². The molecule has 0 bridgehead atoms. The molecule has 0 fully saturated rings. The summed E-state index contributed by atoms with van der Waals surface area (Å²) in [5.41, 5.74) is 4.30. The first-order valence-electron chi connectivity index (χ1n) is 6.01. The van der Waals surface area contributed by atoms with Gasteiger partial charge in [-0.25, -0.2) is 0 Å². The van der Waals surface area contributed by atoms with Crippen LogP contribution >= 0.6 is 27.3 Å². The Hall–Kier alpha value is -0.680. The third-order valence-electron chi connectivity index (χ3n) is 3.18. The molecule has 0 radical (unpaired) electrons. The second-order valence-corrected chi connectivity index (χ2v) is 6.00. The number of benzene rings is 1. The molecule has 0 amide bonds. The summed E-state index contributed by atoms with van der Waals surface area (Å²) in [4.78, 5) is 1.26. The molecule has 2 aromatic rings. The van der Waals surface area contributed by atoms with Gasteiger partial charge in [-0.2, -0.15) is 0 Å². The van der Waals surface area contributed by atoms with Crippen molar-refractivity contribution in [3.05, 3.63) is 56.7 Å². The maximum Gasteiger partial charge on any atom is 0.0632 e. The lowest BCUT2D eigenvalue weighted by molar-refractivity contribution is 0.450. The van der Waals surface area contributed by atoms with Crippen LogP contribution in [-0.4, -0.2) is 0 Å². The number of hydrazine groups is 1. The van der Waals surface area contributed by atoms with Crippen LogP contribution in [-0.2, 0) is 0 Å². The number of hydrogen-bond donors (Lipinski definition) is 2. The van der Waals surface area contributed by atoms with E-state index in [0.29, 0.717) is 5.92 Å². The van der Waals surface area contributed by atoms with Crippen LogP contribution in [0, 0.1) is 0 Å². The van der Waals surface area contributed by atoms with E-state index in [1.807, 2.05) is 6.07 Å². The fourth-order valence-corrected chi connectivity index (χ4v) is 4.01. The van der Waals surface area contributed by atoms with E-state index in [-0.39, 0.29) is 6.04 Å². The third-order valence-corrected chi connectivity index (χ3v) is 5.13. The number of thiophene rings is 1. The molecule has 1 aromatic carbocycles. The lowest BCUT2D eigenvalue weighted by Crippen LogP contribution is -2.32. The van der Waals surface area contributed by atoms with E-state index in [2.05, 4.69) is 64.0 Å². The van der Waals surface area contributed by atoms with Gasteiger partial charge in [-0.1, -0.05) is 37.3 Å². The van der Waals surface area contributed by atoms with Crippen molar-refractivity contribution in [2.45, 2.75) is 25.3 Å². The molecule has 1 aromatic heterocycles. The Labute approximate surface area is 120 Å². The zero-order valence-corrected chi connectivity index (χ0v) is 12.7. The molecule has 2 rings (SSSR count). The zero-order chi connectivity index (χ0) is 13.0. The molecule has 4 heteroatoms. The average molecular weight is 325 g/mol. The molecule has 0 aliphatic rings. The topological polar surface area (TPSA) is 38.0 Å². The van der Waals surface area contributed by atoms with Crippen molar-refractivity contribution in [1.82, 2.24) is 5.43 Å². The summed E-state index contributed by atoms with van der Waals surface area (Å²) in [6.45, 7) is 2.20. The molecule has 1 heterocycles. The smallest absolute Gasteiger partial charge is 0.0632 e. The minimum atomic E-state index is 0.145. The Kier molecular flexibility index (Phi) is 4.95. The summed E-state index contributed by atoms with van der Waals surface area (Å²) in [6.07, 6.45) is 1.04. The predicted molar refractivity (Wildman–Crippen MR) is 81.6 cm³/mol. The minimum Gasteiger partial charge on any atom is -0.271 e. The van der Waals surface area contributed by atoms with E-state index in [9.17, 15) is 0 Å². The maximum absolute atomic E-state index is 5.78. The summed E-state index contributed by atoms with van der Waals surface area (Å²) in [7, 11) is 0. The summed E-state index contributed by atoms with van der Waals surface area (Å²) in [5, 5.41) is 2.08. The monoisotopic (exact) mass is 324 g/mol. The molecule has 18 heavy (non-hydrogen) atoms. The van der Waals surface area contributed by atoms with Gasteiger partial charge in [-0.15, -0.1) is 11.3 Å². The molecule has 2 nitrogen and oxygen atoms in total. The second-order valence-electron chi connectivity index (χ2n) is 4.20. The van der Waals surface area contributed by atoms with E-state index < -0.39 is 0 Å². The Balaban J connectivity index is 2.34. The van der Waals surface area contributed by atoms with Gasteiger partial charge in [-0.3, -0.25) is 11.3 Å². The third kappa shape index (κ3) is 2.83. The lowest BCUT2D eigenvalue weighted by Gasteiger charge is -2.25. The van der Waals surface area contributed by atoms with Crippen LogP contribution in [0.25, 0.3) is 0 Å². The fraction of sp³-hybridized carbons (Fsp3) is 0.286. The summed E-state index contributed by atoms with van der Waals surface area (Å²) in [6, 6.07) is 12.8. The second kappa shape index (κ2) is 6.48. The largest absolute Gasteiger partial charge is 0.271 e. The van der Waals surface area contributed by atoms with Crippen molar-refractivity contribution >= 4 is 27.3 Å². The summed E-state index contributed by atoms with van der Waals surface area (Å²) in [5.74, 6) is 6.16. The first kappa shape index (κ1) is 13.7. The van der Waals surface area contributed by atoms with E-state index >= 15 is 0 Å². The SMILES string of the molecule is CCC(c1ccccc1)C(NN)c1sccc1Br. The zero-order valence-electron chi connectivity index (χ0n) is 10.3. The Morgan fingerprint density at radius 2 is 2.00 bits per heavy atom. The van der Waals surface area contributed by atoms with E-state index in [1.54, 1.807) is 11.3 Å². The first-order chi connectivity index (χ1) is 8.77. The molecule has 0 spiro atoms. The van der Waals surface area contributed by atoms with Gasteiger partial charge in [0.15, 0.2) is 0 Å². The number of nitrogens with two attached hydrogens (primary N) is 1. The molecule has 2 atom stereocenters. The molecular formula is C14H17BrN2S. The minimum absolute atomic E-state index is 0.145. The van der Waals surface area contributed by atoms with Gasteiger partial charge in [0.05, 0.1) is 6.04 Å². The van der Waals surface area contributed by atoms with Gasteiger partial charge in [0, 0.05) is 15.3 Å². The van der Waals surface area contributed by atoms with Crippen molar-refractivity contribution in [2.24, 2.45) is 5.84 Å². The van der Waals surface area contributed by atoms with Crippen LogP contribution in [0.3, 0.4) is 0 Å². The Morgan fingerprint density at radius 3 is 2.50 bits per heavy atom. The maximum atomic E-state index is 5.78. The van der Waals surface area contributed by atoms with Crippen molar-refractivity contribution in [3.8, 4) is 0 Å². The molecule has 0 aliphatic heterocycles. The number of halogens is 1. The fourth-order valence-electron chi connectivity index (χ4n) is 2.27.